The molecular formula is C14H19FN2O3S. The highest BCUT2D eigenvalue weighted by molar-refractivity contribution is 7.89. The van der Waals surface area contributed by atoms with Crippen molar-refractivity contribution in [3.8, 4) is 0 Å². The number of carbonyl (C=O) groups excluding carboxylic acids is 1. The highest BCUT2D eigenvalue weighted by Crippen LogP contribution is 2.23. The number of hydrogen-bond donors (Lipinski definition) is 1. The largest absolute Gasteiger partial charge is 0.336 e. The summed E-state index contributed by atoms with van der Waals surface area (Å²) in [6.45, 7) is 2.65. The van der Waals surface area contributed by atoms with Crippen LogP contribution in [0.1, 0.15) is 43.0 Å². The molecule has 0 saturated carbocycles. The van der Waals surface area contributed by atoms with Crippen LogP contribution in [0.2, 0.25) is 0 Å². The number of nitrogens with two attached hydrogens (primary N) is 1. The molecule has 0 spiro atoms. The van der Waals surface area contributed by atoms with Crippen molar-refractivity contribution in [3.05, 3.63) is 29.6 Å². The van der Waals surface area contributed by atoms with E-state index >= 15 is 0 Å². The molecule has 2 rings (SSSR count). The third-order valence-corrected chi connectivity index (χ3v) is 4.77. The molecule has 1 aliphatic heterocycles. The van der Waals surface area contributed by atoms with Gasteiger partial charge in [0, 0.05) is 18.2 Å². The molecule has 1 heterocycles. The minimum atomic E-state index is -4.19. The van der Waals surface area contributed by atoms with Gasteiger partial charge in [-0.05, 0) is 43.9 Å². The van der Waals surface area contributed by atoms with E-state index in [9.17, 15) is 17.6 Å². The van der Waals surface area contributed by atoms with Crippen LogP contribution in [0.4, 0.5) is 4.39 Å². The van der Waals surface area contributed by atoms with E-state index in [0.717, 1.165) is 37.8 Å². The first-order valence-corrected chi connectivity index (χ1v) is 8.52. The summed E-state index contributed by atoms with van der Waals surface area (Å²) >= 11 is 0. The van der Waals surface area contributed by atoms with E-state index in [1.807, 2.05) is 6.92 Å². The van der Waals surface area contributed by atoms with Crippen LogP contribution in [-0.4, -0.2) is 31.8 Å². The molecule has 0 aliphatic carbocycles. The Morgan fingerprint density at radius 2 is 2.14 bits per heavy atom. The van der Waals surface area contributed by atoms with E-state index in [4.69, 9.17) is 5.14 Å². The Balaban J connectivity index is 2.35. The van der Waals surface area contributed by atoms with Crippen LogP contribution >= 0.6 is 0 Å². The number of rotatable bonds is 3. The number of carbonyl (C=O) groups is 1. The molecule has 1 fully saturated rings. The van der Waals surface area contributed by atoms with E-state index in [2.05, 4.69) is 0 Å². The molecular weight excluding hydrogens is 295 g/mol. The van der Waals surface area contributed by atoms with E-state index < -0.39 is 20.7 Å². The zero-order valence-electron chi connectivity index (χ0n) is 11.9. The monoisotopic (exact) mass is 314 g/mol. The fourth-order valence-corrected chi connectivity index (χ4v) is 3.34. The van der Waals surface area contributed by atoms with Gasteiger partial charge in [0.2, 0.25) is 10.0 Å². The molecule has 1 aromatic carbocycles. The molecule has 0 bridgehead atoms. The van der Waals surface area contributed by atoms with E-state index in [1.165, 1.54) is 6.07 Å². The topological polar surface area (TPSA) is 80.5 Å². The molecule has 0 radical (unpaired) electrons. The Kier molecular flexibility index (Phi) is 4.63. The van der Waals surface area contributed by atoms with Crippen LogP contribution in [0.25, 0.3) is 0 Å². The van der Waals surface area contributed by atoms with Crippen molar-refractivity contribution in [1.29, 1.82) is 0 Å². The molecule has 1 atom stereocenters. The average molecular weight is 314 g/mol. The minimum absolute atomic E-state index is 0.147. The fraction of sp³-hybridized carbons (Fsp3) is 0.500. The standard InChI is InChI=1S/C14H19FN2O3S/c1-2-11-5-3-4-8-17(11)14(18)10-6-7-12(15)13(9-10)21(16,19)20/h6-7,9,11H,2-5,8H2,1H3,(H2,16,19,20). The number of halogens is 1. The van der Waals surface area contributed by atoms with Crippen molar-refractivity contribution >= 4 is 15.9 Å². The molecule has 21 heavy (non-hydrogen) atoms. The number of primary sulfonamides is 1. The fourth-order valence-electron chi connectivity index (χ4n) is 2.71. The molecule has 116 valence electrons. The van der Waals surface area contributed by atoms with E-state index in [0.29, 0.717) is 6.54 Å². The number of amides is 1. The van der Waals surface area contributed by atoms with Gasteiger partial charge in [0.25, 0.3) is 5.91 Å². The predicted octanol–water partition coefficient (Wildman–Crippen LogP) is 1.88. The van der Waals surface area contributed by atoms with Crippen molar-refractivity contribution in [2.45, 2.75) is 43.5 Å². The first kappa shape index (κ1) is 15.9. The van der Waals surface area contributed by atoms with Gasteiger partial charge in [-0.2, -0.15) is 0 Å². The third kappa shape index (κ3) is 3.41. The number of hydrogen-bond acceptors (Lipinski definition) is 3. The van der Waals surface area contributed by atoms with Crippen molar-refractivity contribution in [1.82, 2.24) is 4.90 Å². The molecule has 1 aliphatic rings. The van der Waals surface area contributed by atoms with Gasteiger partial charge in [-0.1, -0.05) is 6.92 Å². The van der Waals surface area contributed by atoms with Gasteiger partial charge in [-0.25, -0.2) is 17.9 Å². The van der Waals surface area contributed by atoms with Crippen molar-refractivity contribution in [2.24, 2.45) is 5.14 Å². The van der Waals surface area contributed by atoms with Crippen LogP contribution in [-0.2, 0) is 10.0 Å². The zero-order valence-corrected chi connectivity index (χ0v) is 12.7. The average Bonchev–Trinajstić information content (AvgIpc) is 2.45. The smallest absolute Gasteiger partial charge is 0.254 e. The number of nitrogens with zero attached hydrogens (tertiary/aromatic N) is 1. The summed E-state index contributed by atoms with van der Waals surface area (Å²) in [4.78, 5) is 13.6. The van der Waals surface area contributed by atoms with Gasteiger partial charge >= 0.3 is 0 Å². The summed E-state index contributed by atoms with van der Waals surface area (Å²) in [6.07, 6.45) is 3.78. The molecule has 5 nitrogen and oxygen atoms in total. The molecule has 2 N–H and O–H groups in total. The summed E-state index contributed by atoms with van der Waals surface area (Å²) in [6, 6.07) is 3.44. The van der Waals surface area contributed by atoms with E-state index in [1.54, 1.807) is 4.90 Å². The number of piperidine rings is 1. The van der Waals surface area contributed by atoms with Crippen LogP contribution in [0.5, 0.6) is 0 Å². The molecule has 1 amide bonds. The van der Waals surface area contributed by atoms with Crippen molar-refractivity contribution in [2.75, 3.05) is 6.54 Å². The summed E-state index contributed by atoms with van der Waals surface area (Å²) in [5, 5.41) is 4.97. The molecule has 0 aromatic heterocycles. The number of likely N-dealkylation sites (tertiary alicyclic amines) is 1. The minimum Gasteiger partial charge on any atom is -0.336 e. The van der Waals surface area contributed by atoms with Gasteiger partial charge in [0.1, 0.15) is 10.7 Å². The van der Waals surface area contributed by atoms with Crippen LogP contribution in [0, 0.1) is 5.82 Å². The Bertz CT molecular complexity index is 646. The van der Waals surface area contributed by atoms with Gasteiger partial charge in [-0.15, -0.1) is 0 Å². The normalized spacial score (nSPS) is 19.6. The maximum absolute atomic E-state index is 13.5. The van der Waals surface area contributed by atoms with Crippen molar-refractivity contribution in [3.63, 3.8) is 0 Å². The molecule has 1 aromatic rings. The lowest BCUT2D eigenvalue weighted by Gasteiger charge is -2.35. The second-order valence-electron chi connectivity index (χ2n) is 5.25. The Labute approximate surface area is 124 Å². The quantitative estimate of drug-likeness (QED) is 0.925. The summed E-state index contributed by atoms with van der Waals surface area (Å²) < 4.78 is 36.2. The second-order valence-corrected chi connectivity index (χ2v) is 6.78. The molecule has 1 unspecified atom stereocenters. The Hall–Kier alpha value is -1.47. The maximum Gasteiger partial charge on any atom is 0.254 e. The lowest BCUT2D eigenvalue weighted by molar-refractivity contribution is 0.0607. The maximum atomic E-state index is 13.5. The number of sulfonamides is 1. The first-order chi connectivity index (χ1) is 9.84. The lowest BCUT2D eigenvalue weighted by atomic mass is 9.99. The van der Waals surface area contributed by atoms with Crippen molar-refractivity contribution < 1.29 is 17.6 Å². The highest BCUT2D eigenvalue weighted by Gasteiger charge is 2.27. The Morgan fingerprint density at radius 3 is 2.76 bits per heavy atom. The van der Waals surface area contributed by atoms with Gasteiger partial charge in [0.15, 0.2) is 0 Å². The highest BCUT2D eigenvalue weighted by atomic mass is 32.2. The summed E-state index contributed by atoms with van der Waals surface area (Å²) in [7, 11) is -4.19. The zero-order chi connectivity index (χ0) is 15.6. The van der Waals surface area contributed by atoms with E-state index in [-0.39, 0.29) is 17.5 Å². The van der Waals surface area contributed by atoms with Crippen LogP contribution in [0.3, 0.4) is 0 Å². The SMILES string of the molecule is CCC1CCCCN1C(=O)c1ccc(F)c(S(N)(=O)=O)c1. The van der Waals surface area contributed by atoms with Gasteiger partial charge < -0.3 is 4.90 Å². The van der Waals surface area contributed by atoms with Crippen LogP contribution in [0.15, 0.2) is 23.1 Å². The van der Waals surface area contributed by atoms with Gasteiger partial charge in [0.05, 0.1) is 0 Å². The summed E-state index contributed by atoms with van der Waals surface area (Å²) in [5.74, 6) is -1.22. The third-order valence-electron chi connectivity index (χ3n) is 3.84. The lowest BCUT2D eigenvalue weighted by Crippen LogP contribution is -2.43. The first-order valence-electron chi connectivity index (χ1n) is 6.98. The molecule has 1 saturated heterocycles. The summed E-state index contributed by atoms with van der Waals surface area (Å²) in [5.41, 5.74) is 0.153. The number of benzene rings is 1. The Morgan fingerprint density at radius 1 is 1.43 bits per heavy atom. The second kappa shape index (κ2) is 6.11. The predicted molar refractivity (Wildman–Crippen MR) is 76.7 cm³/mol. The molecule has 7 heteroatoms. The van der Waals surface area contributed by atoms with Gasteiger partial charge in [-0.3, -0.25) is 4.79 Å². The van der Waals surface area contributed by atoms with Crippen LogP contribution < -0.4 is 5.14 Å².